The number of phenolic OH excluding ortho intramolecular Hbond substituents is 3. The van der Waals surface area contributed by atoms with Gasteiger partial charge in [-0.2, -0.15) is 0 Å². The molecule has 0 heterocycles. The molecule has 0 saturated carbocycles. The van der Waals surface area contributed by atoms with E-state index in [2.05, 4.69) is 0 Å². The number of hydrogen-bond acceptors (Lipinski definition) is 3. The summed E-state index contributed by atoms with van der Waals surface area (Å²) in [4.78, 5) is 0. The molecule has 0 amide bonds. The van der Waals surface area contributed by atoms with Crippen molar-refractivity contribution in [3.8, 4) is 28.4 Å². The van der Waals surface area contributed by atoms with Crippen molar-refractivity contribution in [2.45, 2.75) is 13.3 Å². The van der Waals surface area contributed by atoms with E-state index in [-0.39, 0.29) is 17.2 Å². The van der Waals surface area contributed by atoms with Crippen LogP contribution in [0.3, 0.4) is 0 Å². The minimum absolute atomic E-state index is 0.00217. The lowest BCUT2D eigenvalue weighted by molar-refractivity contribution is 0.452. The van der Waals surface area contributed by atoms with Crippen molar-refractivity contribution < 1.29 is 15.3 Å². The maximum Gasteiger partial charge on any atom is 0.127 e. The molecule has 0 unspecified atom stereocenters. The van der Waals surface area contributed by atoms with Crippen LogP contribution in [0.1, 0.15) is 12.5 Å². The predicted molar refractivity (Wildman–Crippen MR) is 66.3 cm³/mol. The van der Waals surface area contributed by atoms with E-state index >= 15 is 0 Å². The molecule has 0 fully saturated rings. The average molecular weight is 230 g/mol. The highest BCUT2D eigenvalue weighted by atomic mass is 16.3. The van der Waals surface area contributed by atoms with Gasteiger partial charge in [-0.25, -0.2) is 0 Å². The average Bonchev–Trinajstić information content (AvgIpc) is 2.28. The smallest absolute Gasteiger partial charge is 0.127 e. The number of aryl methyl sites for hydroxylation is 1. The molecule has 0 spiro atoms. The maximum absolute atomic E-state index is 9.76. The molecular weight excluding hydrogens is 216 g/mol. The number of phenols is 3. The molecule has 0 aliphatic heterocycles. The van der Waals surface area contributed by atoms with Crippen LogP contribution in [0, 0.1) is 0 Å². The molecule has 2 aromatic rings. The normalized spacial score (nSPS) is 10.4. The highest BCUT2D eigenvalue weighted by molar-refractivity contribution is 5.72. The van der Waals surface area contributed by atoms with Gasteiger partial charge in [0.15, 0.2) is 0 Å². The number of aromatic hydroxyl groups is 3. The third kappa shape index (κ3) is 2.33. The molecule has 17 heavy (non-hydrogen) atoms. The zero-order valence-electron chi connectivity index (χ0n) is 9.51. The molecule has 2 rings (SSSR count). The summed E-state index contributed by atoms with van der Waals surface area (Å²) in [5, 5.41) is 28.6. The third-order valence-electron chi connectivity index (χ3n) is 2.68. The topological polar surface area (TPSA) is 60.7 Å². The lowest BCUT2D eigenvalue weighted by atomic mass is 10.0. The SMILES string of the molecule is CCc1cc(O)cc(-c2ccc(O)cc2O)c1. The van der Waals surface area contributed by atoms with Gasteiger partial charge in [-0.3, -0.25) is 0 Å². The lowest BCUT2D eigenvalue weighted by Gasteiger charge is -2.08. The van der Waals surface area contributed by atoms with E-state index in [1.54, 1.807) is 18.2 Å². The summed E-state index contributed by atoms with van der Waals surface area (Å²) >= 11 is 0. The Morgan fingerprint density at radius 1 is 0.882 bits per heavy atom. The van der Waals surface area contributed by atoms with Gasteiger partial charge in [0.05, 0.1) is 0 Å². The Balaban J connectivity index is 2.55. The summed E-state index contributed by atoms with van der Waals surface area (Å²) in [5.74, 6) is 0.187. The van der Waals surface area contributed by atoms with Crippen LogP contribution in [0.4, 0.5) is 0 Å². The van der Waals surface area contributed by atoms with E-state index in [9.17, 15) is 15.3 Å². The highest BCUT2D eigenvalue weighted by Gasteiger charge is 2.07. The molecule has 0 aromatic heterocycles. The Bertz CT molecular complexity index is 547. The first-order chi connectivity index (χ1) is 8.10. The van der Waals surface area contributed by atoms with Crippen LogP contribution in [-0.2, 0) is 6.42 Å². The van der Waals surface area contributed by atoms with Gasteiger partial charge in [-0.1, -0.05) is 13.0 Å². The molecule has 3 N–H and O–H groups in total. The first kappa shape index (κ1) is 11.3. The van der Waals surface area contributed by atoms with Crippen molar-refractivity contribution in [1.29, 1.82) is 0 Å². The largest absolute Gasteiger partial charge is 0.508 e. The van der Waals surface area contributed by atoms with Gasteiger partial charge in [0.2, 0.25) is 0 Å². The minimum atomic E-state index is -0.00217. The number of hydrogen-bond donors (Lipinski definition) is 3. The third-order valence-corrected chi connectivity index (χ3v) is 2.68. The van der Waals surface area contributed by atoms with E-state index in [4.69, 9.17) is 0 Å². The summed E-state index contributed by atoms with van der Waals surface area (Å²) in [5.41, 5.74) is 2.32. The molecule has 2 aromatic carbocycles. The van der Waals surface area contributed by atoms with Gasteiger partial charge < -0.3 is 15.3 Å². The van der Waals surface area contributed by atoms with E-state index in [0.717, 1.165) is 17.5 Å². The molecule has 0 bridgehead atoms. The summed E-state index contributed by atoms with van der Waals surface area (Å²) in [6.45, 7) is 2.00. The van der Waals surface area contributed by atoms with Crippen LogP contribution in [0.5, 0.6) is 17.2 Å². The summed E-state index contributed by atoms with van der Waals surface area (Å²) in [7, 11) is 0. The quantitative estimate of drug-likeness (QED) is 0.743. The van der Waals surface area contributed by atoms with Crippen LogP contribution >= 0.6 is 0 Å². The zero-order valence-corrected chi connectivity index (χ0v) is 9.51. The second-order valence-electron chi connectivity index (χ2n) is 3.94. The summed E-state index contributed by atoms with van der Waals surface area (Å²) in [6, 6.07) is 9.60. The van der Waals surface area contributed by atoms with Crippen LogP contribution in [0.2, 0.25) is 0 Å². The predicted octanol–water partition coefficient (Wildman–Crippen LogP) is 3.03. The number of benzene rings is 2. The molecule has 88 valence electrons. The fourth-order valence-corrected chi connectivity index (χ4v) is 1.80. The second-order valence-corrected chi connectivity index (χ2v) is 3.94. The summed E-state index contributed by atoms with van der Waals surface area (Å²) < 4.78 is 0. The van der Waals surface area contributed by atoms with Crippen LogP contribution < -0.4 is 0 Å². The van der Waals surface area contributed by atoms with Crippen LogP contribution in [0.25, 0.3) is 11.1 Å². The van der Waals surface area contributed by atoms with Crippen molar-refractivity contribution in [2.75, 3.05) is 0 Å². The van der Waals surface area contributed by atoms with Gasteiger partial charge >= 0.3 is 0 Å². The lowest BCUT2D eigenvalue weighted by Crippen LogP contribution is -1.84. The minimum Gasteiger partial charge on any atom is -0.508 e. The second kappa shape index (κ2) is 4.37. The van der Waals surface area contributed by atoms with Gasteiger partial charge in [-0.15, -0.1) is 0 Å². The van der Waals surface area contributed by atoms with Gasteiger partial charge in [0.25, 0.3) is 0 Å². The molecule has 0 aliphatic carbocycles. The van der Waals surface area contributed by atoms with Crippen molar-refractivity contribution in [2.24, 2.45) is 0 Å². The van der Waals surface area contributed by atoms with Crippen molar-refractivity contribution in [1.82, 2.24) is 0 Å². The van der Waals surface area contributed by atoms with Crippen LogP contribution in [-0.4, -0.2) is 15.3 Å². The molecule has 0 saturated heterocycles. The molecule has 0 aliphatic rings. The van der Waals surface area contributed by atoms with Crippen molar-refractivity contribution in [3.05, 3.63) is 42.0 Å². The molecule has 0 radical (unpaired) electrons. The molecular formula is C14H14O3. The van der Waals surface area contributed by atoms with E-state index in [0.29, 0.717) is 5.56 Å². The van der Waals surface area contributed by atoms with Crippen molar-refractivity contribution in [3.63, 3.8) is 0 Å². The standard InChI is InChI=1S/C14H14O3/c1-2-9-5-10(7-12(16)6-9)13-4-3-11(15)8-14(13)17/h3-8,15-17H,2H2,1H3. The first-order valence-corrected chi connectivity index (χ1v) is 5.45. The fourth-order valence-electron chi connectivity index (χ4n) is 1.80. The highest BCUT2D eigenvalue weighted by Crippen LogP contribution is 2.34. The van der Waals surface area contributed by atoms with E-state index < -0.39 is 0 Å². The fraction of sp³-hybridized carbons (Fsp3) is 0.143. The van der Waals surface area contributed by atoms with Gasteiger partial charge in [0, 0.05) is 11.6 Å². The van der Waals surface area contributed by atoms with Crippen molar-refractivity contribution >= 4 is 0 Å². The van der Waals surface area contributed by atoms with Crippen LogP contribution in [0.15, 0.2) is 36.4 Å². The zero-order chi connectivity index (χ0) is 12.4. The Morgan fingerprint density at radius 2 is 1.65 bits per heavy atom. The number of rotatable bonds is 2. The maximum atomic E-state index is 9.76. The van der Waals surface area contributed by atoms with Gasteiger partial charge in [-0.05, 0) is 41.8 Å². The summed E-state index contributed by atoms with van der Waals surface area (Å²) in [6.07, 6.45) is 0.806. The molecule has 3 heteroatoms. The van der Waals surface area contributed by atoms with E-state index in [1.165, 1.54) is 12.1 Å². The van der Waals surface area contributed by atoms with Gasteiger partial charge in [0.1, 0.15) is 17.2 Å². The van der Waals surface area contributed by atoms with E-state index in [1.807, 2.05) is 13.0 Å². The first-order valence-electron chi connectivity index (χ1n) is 5.45. The Morgan fingerprint density at radius 3 is 2.29 bits per heavy atom. The molecule has 3 nitrogen and oxygen atoms in total. The monoisotopic (exact) mass is 230 g/mol. The Hall–Kier alpha value is -2.16. The molecule has 0 atom stereocenters. The Kier molecular flexibility index (Phi) is 2.91. The Labute approximate surface area is 99.6 Å².